The van der Waals surface area contributed by atoms with E-state index in [0.29, 0.717) is 19.7 Å². The highest BCUT2D eigenvalue weighted by Crippen LogP contribution is 2.31. The molecule has 1 aromatic carbocycles. The van der Waals surface area contributed by atoms with Gasteiger partial charge in [-0.2, -0.15) is 0 Å². The van der Waals surface area contributed by atoms with Gasteiger partial charge in [-0.15, -0.1) is 12.4 Å². The lowest BCUT2D eigenvalue weighted by Crippen LogP contribution is -2.48. The van der Waals surface area contributed by atoms with E-state index in [-0.39, 0.29) is 24.4 Å². The van der Waals surface area contributed by atoms with Crippen LogP contribution in [0.5, 0.6) is 11.5 Å². The van der Waals surface area contributed by atoms with Crippen molar-refractivity contribution < 1.29 is 19.0 Å². The first-order valence-corrected chi connectivity index (χ1v) is 8.55. The number of aromatic amines is 1. The molecule has 8 heteroatoms. The summed E-state index contributed by atoms with van der Waals surface area (Å²) >= 11 is 0. The molecule has 1 atom stereocenters. The number of carbonyl (C=O) groups is 1. The molecule has 1 fully saturated rings. The lowest BCUT2D eigenvalue weighted by atomic mass is 10.2. The van der Waals surface area contributed by atoms with Crippen LogP contribution in [-0.2, 0) is 16.0 Å². The fraction of sp³-hybridized carbons (Fsp3) is 0.500. The number of rotatable bonds is 7. The summed E-state index contributed by atoms with van der Waals surface area (Å²) in [7, 11) is 3.29. The largest absolute Gasteiger partial charge is 0.497 e. The third kappa shape index (κ3) is 4.81. The molecule has 2 heterocycles. The van der Waals surface area contributed by atoms with Crippen LogP contribution in [0.3, 0.4) is 0 Å². The van der Waals surface area contributed by atoms with Crippen molar-refractivity contribution in [1.29, 1.82) is 0 Å². The van der Waals surface area contributed by atoms with E-state index < -0.39 is 0 Å². The zero-order valence-corrected chi connectivity index (χ0v) is 15.9. The Morgan fingerprint density at radius 2 is 2.15 bits per heavy atom. The summed E-state index contributed by atoms with van der Waals surface area (Å²) in [6.45, 7) is 2.58. The lowest BCUT2D eigenvalue weighted by Gasteiger charge is -2.22. The van der Waals surface area contributed by atoms with Crippen molar-refractivity contribution in [3.8, 4) is 11.5 Å². The first-order valence-electron chi connectivity index (χ1n) is 8.55. The Hall–Kier alpha value is -1.96. The Morgan fingerprint density at radius 3 is 2.85 bits per heavy atom. The molecule has 0 radical (unpaired) electrons. The topological polar surface area (TPSA) is 84.6 Å². The number of morpholine rings is 1. The van der Waals surface area contributed by atoms with Crippen LogP contribution in [0.25, 0.3) is 10.9 Å². The molecule has 144 valence electrons. The Bertz CT molecular complexity index is 729. The van der Waals surface area contributed by atoms with Crippen molar-refractivity contribution in [1.82, 2.24) is 15.6 Å². The van der Waals surface area contributed by atoms with Crippen LogP contribution in [0.2, 0.25) is 0 Å². The average molecular weight is 384 g/mol. The van der Waals surface area contributed by atoms with Gasteiger partial charge in [-0.05, 0) is 18.9 Å². The number of aryl methyl sites for hydroxylation is 1. The van der Waals surface area contributed by atoms with Crippen LogP contribution in [0.1, 0.15) is 12.1 Å². The molecule has 2 aromatic rings. The molecule has 1 unspecified atom stereocenters. The van der Waals surface area contributed by atoms with Crippen molar-refractivity contribution >= 4 is 29.2 Å². The van der Waals surface area contributed by atoms with Crippen LogP contribution in [0.4, 0.5) is 0 Å². The van der Waals surface area contributed by atoms with E-state index >= 15 is 0 Å². The highest BCUT2D eigenvalue weighted by Gasteiger charge is 2.20. The maximum atomic E-state index is 12.0. The fourth-order valence-electron chi connectivity index (χ4n) is 3.00. The third-order valence-electron chi connectivity index (χ3n) is 4.33. The second-order valence-corrected chi connectivity index (χ2v) is 6.04. The molecule has 3 N–H and O–H groups in total. The standard InChI is InChI=1S/C18H25N3O4.ClH/c1-23-13-9-15-14(16(10-13)24-2)8-12(21-15)4-3-5-20-18(22)17-11-19-6-7-25-17;/h8-10,17,19,21H,3-7,11H2,1-2H3,(H,20,22);1H. The summed E-state index contributed by atoms with van der Waals surface area (Å²) in [4.78, 5) is 15.4. The summed E-state index contributed by atoms with van der Waals surface area (Å²) < 4.78 is 16.2. The zero-order chi connectivity index (χ0) is 17.6. The van der Waals surface area contributed by atoms with E-state index in [1.54, 1.807) is 14.2 Å². The van der Waals surface area contributed by atoms with E-state index in [9.17, 15) is 4.79 Å². The third-order valence-corrected chi connectivity index (χ3v) is 4.33. The highest BCUT2D eigenvalue weighted by atomic mass is 35.5. The van der Waals surface area contributed by atoms with Gasteiger partial charge < -0.3 is 29.8 Å². The summed E-state index contributed by atoms with van der Waals surface area (Å²) in [5, 5.41) is 7.12. The van der Waals surface area contributed by atoms with Gasteiger partial charge in [0.2, 0.25) is 5.91 Å². The SMILES string of the molecule is COc1cc(OC)c2cc(CCCNC(=O)C3CNCCO3)[nH]c2c1.Cl. The number of halogens is 1. The first kappa shape index (κ1) is 20.4. The number of fused-ring (bicyclic) bond motifs is 1. The number of hydrogen-bond donors (Lipinski definition) is 3. The van der Waals surface area contributed by atoms with Crippen LogP contribution in [0.15, 0.2) is 18.2 Å². The molecule has 26 heavy (non-hydrogen) atoms. The van der Waals surface area contributed by atoms with Crippen LogP contribution < -0.4 is 20.1 Å². The molecule has 1 aliphatic rings. The fourth-order valence-corrected chi connectivity index (χ4v) is 3.00. The molecule has 0 aliphatic carbocycles. The molecule has 0 saturated carbocycles. The Kier molecular flexibility index (Phi) is 7.56. The van der Waals surface area contributed by atoms with Gasteiger partial charge >= 0.3 is 0 Å². The van der Waals surface area contributed by atoms with E-state index in [1.807, 2.05) is 12.1 Å². The van der Waals surface area contributed by atoms with Crippen molar-refractivity contribution in [3.63, 3.8) is 0 Å². The minimum atomic E-state index is -0.376. The average Bonchev–Trinajstić information content (AvgIpc) is 3.07. The molecular formula is C18H26ClN3O4. The molecule has 3 rings (SSSR count). The predicted octanol–water partition coefficient (Wildman–Crippen LogP) is 1.64. The number of ether oxygens (including phenoxy) is 3. The molecule has 7 nitrogen and oxygen atoms in total. The monoisotopic (exact) mass is 383 g/mol. The smallest absolute Gasteiger partial charge is 0.250 e. The van der Waals surface area contributed by atoms with Gasteiger partial charge in [-0.3, -0.25) is 4.79 Å². The van der Waals surface area contributed by atoms with Gasteiger partial charge in [0.05, 0.1) is 26.3 Å². The van der Waals surface area contributed by atoms with Gasteiger partial charge in [-0.1, -0.05) is 0 Å². The van der Waals surface area contributed by atoms with Gasteiger partial charge in [0.1, 0.15) is 17.6 Å². The second-order valence-electron chi connectivity index (χ2n) is 6.04. The first-order chi connectivity index (χ1) is 12.2. The van der Waals surface area contributed by atoms with Gasteiger partial charge in [0, 0.05) is 42.8 Å². The van der Waals surface area contributed by atoms with E-state index in [2.05, 4.69) is 21.7 Å². The minimum absolute atomic E-state index is 0. The number of carbonyl (C=O) groups excluding carboxylic acids is 1. The van der Waals surface area contributed by atoms with Crippen molar-refractivity contribution in [2.24, 2.45) is 0 Å². The predicted molar refractivity (Wildman–Crippen MR) is 103 cm³/mol. The quantitative estimate of drug-likeness (QED) is 0.633. The number of amides is 1. The lowest BCUT2D eigenvalue weighted by molar-refractivity contribution is -0.134. The van der Waals surface area contributed by atoms with E-state index in [4.69, 9.17) is 14.2 Å². The molecule has 0 bridgehead atoms. The summed E-state index contributed by atoms with van der Waals surface area (Å²) in [5.74, 6) is 1.49. The molecule has 1 amide bonds. The zero-order valence-electron chi connectivity index (χ0n) is 15.1. The van der Waals surface area contributed by atoms with Gasteiger partial charge in [0.15, 0.2) is 0 Å². The number of methoxy groups -OCH3 is 2. The summed E-state index contributed by atoms with van der Waals surface area (Å²) in [6.07, 6.45) is 1.31. The maximum Gasteiger partial charge on any atom is 0.250 e. The molecule has 1 aromatic heterocycles. The summed E-state index contributed by atoms with van der Waals surface area (Å²) in [6, 6.07) is 5.92. The number of H-pyrrole nitrogens is 1. The molecule has 0 spiro atoms. The second kappa shape index (κ2) is 9.66. The van der Waals surface area contributed by atoms with Crippen molar-refractivity contribution in [2.45, 2.75) is 18.9 Å². The van der Waals surface area contributed by atoms with Gasteiger partial charge in [0.25, 0.3) is 0 Å². The van der Waals surface area contributed by atoms with Gasteiger partial charge in [-0.25, -0.2) is 0 Å². The Morgan fingerprint density at radius 1 is 1.31 bits per heavy atom. The number of nitrogens with one attached hydrogen (secondary N) is 3. The van der Waals surface area contributed by atoms with E-state index in [1.165, 1.54) is 0 Å². The van der Waals surface area contributed by atoms with Crippen LogP contribution >= 0.6 is 12.4 Å². The Labute approximate surface area is 159 Å². The normalized spacial score (nSPS) is 16.8. The number of benzene rings is 1. The van der Waals surface area contributed by atoms with E-state index in [0.717, 1.165) is 47.5 Å². The summed E-state index contributed by atoms with van der Waals surface area (Å²) in [5.41, 5.74) is 2.09. The minimum Gasteiger partial charge on any atom is -0.497 e. The number of aromatic nitrogens is 1. The van der Waals surface area contributed by atoms with Crippen molar-refractivity contribution in [2.75, 3.05) is 40.5 Å². The van der Waals surface area contributed by atoms with Crippen LogP contribution in [-0.4, -0.2) is 57.5 Å². The van der Waals surface area contributed by atoms with Crippen LogP contribution in [0, 0.1) is 0 Å². The number of hydrogen-bond acceptors (Lipinski definition) is 5. The highest BCUT2D eigenvalue weighted by molar-refractivity contribution is 5.88. The molecule has 1 saturated heterocycles. The maximum absolute atomic E-state index is 12.0. The Balaban J connectivity index is 0.00000243. The van der Waals surface area contributed by atoms with Crippen molar-refractivity contribution in [3.05, 3.63) is 23.9 Å². The molecular weight excluding hydrogens is 358 g/mol. The molecule has 1 aliphatic heterocycles.